The zero-order chi connectivity index (χ0) is 11.4. The second-order valence-corrected chi connectivity index (χ2v) is 3.58. The van der Waals surface area contributed by atoms with Gasteiger partial charge in [0.05, 0.1) is 5.69 Å². The molecule has 0 amide bonds. The molecule has 16 heavy (non-hydrogen) atoms. The van der Waals surface area contributed by atoms with Crippen LogP contribution in [0.3, 0.4) is 0 Å². The van der Waals surface area contributed by atoms with E-state index in [1.54, 1.807) is 11.0 Å². The predicted octanol–water partition coefficient (Wildman–Crippen LogP) is 0.421. The van der Waals surface area contributed by atoms with Crippen molar-refractivity contribution in [3.05, 3.63) is 30.6 Å². The summed E-state index contributed by atoms with van der Waals surface area (Å²) >= 11 is 0. The van der Waals surface area contributed by atoms with Crippen molar-refractivity contribution in [3.63, 3.8) is 0 Å². The second-order valence-electron chi connectivity index (χ2n) is 3.58. The number of hydrogen-bond acceptors (Lipinski definition) is 5. The minimum atomic E-state index is 0.263. The summed E-state index contributed by atoms with van der Waals surface area (Å²) in [4.78, 5) is 0. The Kier molecular flexibility index (Phi) is 3.11. The Morgan fingerprint density at radius 3 is 2.69 bits per heavy atom. The molecule has 1 aromatic carbocycles. The highest BCUT2D eigenvalue weighted by atomic mass is 15.5. The first-order chi connectivity index (χ1) is 7.79. The van der Waals surface area contributed by atoms with Crippen molar-refractivity contribution >= 4 is 5.69 Å². The minimum Gasteiger partial charge on any atom is -0.381 e. The molecule has 0 aliphatic heterocycles. The number of benzene rings is 1. The van der Waals surface area contributed by atoms with Crippen molar-refractivity contribution in [2.45, 2.75) is 13.0 Å². The number of rotatable bonds is 4. The van der Waals surface area contributed by atoms with Crippen LogP contribution in [-0.2, 0) is 0 Å². The molecule has 2 aromatic rings. The Morgan fingerprint density at radius 1 is 1.38 bits per heavy atom. The van der Waals surface area contributed by atoms with Crippen LogP contribution in [0, 0.1) is 0 Å². The molecule has 1 unspecified atom stereocenters. The molecule has 0 saturated carbocycles. The lowest BCUT2D eigenvalue weighted by Gasteiger charge is -2.12. The molecule has 0 fully saturated rings. The fourth-order valence-corrected chi connectivity index (χ4v) is 1.33. The first kappa shape index (κ1) is 10.6. The van der Waals surface area contributed by atoms with E-state index in [1.807, 2.05) is 31.2 Å². The van der Waals surface area contributed by atoms with E-state index in [0.717, 1.165) is 11.4 Å². The molecule has 2 rings (SSSR count). The lowest BCUT2D eigenvalue weighted by atomic mass is 10.2. The fraction of sp³-hybridized carbons (Fsp3) is 0.300. The Hall–Kier alpha value is -1.95. The third kappa shape index (κ3) is 2.34. The van der Waals surface area contributed by atoms with E-state index in [4.69, 9.17) is 5.73 Å². The monoisotopic (exact) mass is 218 g/mol. The van der Waals surface area contributed by atoms with Gasteiger partial charge in [-0.25, -0.2) is 4.68 Å². The standard InChI is InChI=1S/C10H14N6/c1-8(6-11)13-9-2-4-10(5-3-9)16-7-12-14-15-16/h2-5,7-8,13H,6,11H2,1H3. The van der Waals surface area contributed by atoms with Crippen molar-refractivity contribution in [1.82, 2.24) is 20.2 Å². The summed E-state index contributed by atoms with van der Waals surface area (Å²) in [6.07, 6.45) is 1.56. The Labute approximate surface area is 93.5 Å². The highest BCUT2D eigenvalue weighted by Gasteiger charge is 2.00. The molecule has 0 bridgehead atoms. The van der Waals surface area contributed by atoms with Gasteiger partial charge in [-0.15, -0.1) is 5.10 Å². The smallest absolute Gasteiger partial charge is 0.143 e. The highest BCUT2D eigenvalue weighted by Crippen LogP contribution is 2.12. The van der Waals surface area contributed by atoms with Gasteiger partial charge in [-0.2, -0.15) is 0 Å². The highest BCUT2D eigenvalue weighted by molar-refractivity contribution is 5.48. The molecule has 0 radical (unpaired) electrons. The molecule has 1 aromatic heterocycles. The number of nitrogens with two attached hydrogens (primary N) is 1. The molecular weight excluding hydrogens is 204 g/mol. The number of hydrogen-bond donors (Lipinski definition) is 2. The van der Waals surface area contributed by atoms with Crippen LogP contribution in [0.15, 0.2) is 30.6 Å². The molecule has 0 spiro atoms. The Bertz CT molecular complexity index is 421. The van der Waals surface area contributed by atoms with Crippen molar-refractivity contribution in [1.29, 1.82) is 0 Å². The van der Waals surface area contributed by atoms with Gasteiger partial charge in [0, 0.05) is 18.3 Å². The summed E-state index contributed by atoms with van der Waals surface area (Å²) in [5.41, 5.74) is 7.50. The summed E-state index contributed by atoms with van der Waals surface area (Å²) < 4.78 is 1.61. The van der Waals surface area contributed by atoms with Gasteiger partial charge >= 0.3 is 0 Å². The van der Waals surface area contributed by atoms with Crippen LogP contribution in [0.2, 0.25) is 0 Å². The first-order valence-corrected chi connectivity index (χ1v) is 5.09. The van der Waals surface area contributed by atoms with Crippen molar-refractivity contribution in [2.24, 2.45) is 5.73 Å². The predicted molar refractivity (Wildman–Crippen MR) is 61.3 cm³/mol. The molecule has 3 N–H and O–H groups in total. The molecule has 0 aliphatic rings. The van der Waals surface area contributed by atoms with Crippen LogP contribution in [-0.4, -0.2) is 32.8 Å². The summed E-state index contributed by atoms with van der Waals surface area (Å²) in [7, 11) is 0. The van der Waals surface area contributed by atoms with E-state index < -0.39 is 0 Å². The summed E-state index contributed by atoms with van der Waals surface area (Å²) in [6, 6.07) is 8.11. The minimum absolute atomic E-state index is 0.263. The van der Waals surface area contributed by atoms with Gasteiger partial charge in [-0.05, 0) is 41.6 Å². The van der Waals surface area contributed by atoms with Gasteiger partial charge in [0.2, 0.25) is 0 Å². The third-order valence-electron chi connectivity index (χ3n) is 2.25. The lowest BCUT2D eigenvalue weighted by molar-refractivity contribution is 0.787. The molecule has 0 aliphatic carbocycles. The van der Waals surface area contributed by atoms with Crippen molar-refractivity contribution in [2.75, 3.05) is 11.9 Å². The molecule has 6 nitrogen and oxygen atoms in total. The van der Waals surface area contributed by atoms with Crippen LogP contribution in [0.4, 0.5) is 5.69 Å². The average Bonchev–Trinajstić information content (AvgIpc) is 2.83. The molecule has 1 atom stereocenters. The van der Waals surface area contributed by atoms with E-state index in [9.17, 15) is 0 Å². The van der Waals surface area contributed by atoms with E-state index in [1.165, 1.54) is 0 Å². The van der Waals surface area contributed by atoms with Crippen LogP contribution in [0.1, 0.15) is 6.92 Å². The maximum absolute atomic E-state index is 5.53. The molecule has 0 saturated heterocycles. The van der Waals surface area contributed by atoms with Crippen LogP contribution >= 0.6 is 0 Å². The van der Waals surface area contributed by atoms with E-state index in [-0.39, 0.29) is 6.04 Å². The van der Waals surface area contributed by atoms with Crippen molar-refractivity contribution < 1.29 is 0 Å². The zero-order valence-electron chi connectivity index (χ0n) is 9.04. The third-order valence-corrected chi connectivity index (χ3v) is 2.25. The average molecular weight is 218 g/mol. The SMILES string of the molecule is CC(CN)Nc1ccc(-n2cnnn2)cc1. The summed E-state index contributed by atoms with van der Waals surface area (Å²) in [5, 5.41) is 14.3. The van der Waals surface area contributed by atoms with Gasteiger partial charge in [-0.1, -0.05) is 0 Å². The molecule has 1 heterocycles. The maximum Gasteiger partial charge on any atom is 0.143 e. The van der Waals surface area contributed by atoms with E-state index in [2.05, 4.69) is 20.8 Å². The summed E-state index contributed by atoms with van der Waals surface area (Å²) in [6.45, 7) is 2.64. The molecule has 6 heteroatoms. The Balaban J connectivity index is 2.11. The zero-order valence-corrected chi connectivity index (χ0v) is 9.04. The number of nitrogens with zero attached hydrogens (tertiary/aromatic N) is 4. The van der Waals surface area contributed by atoms with Gasteiger partial charge in [0.25, 0.3) is 0 Å². The molecule has 84 valence electrons. The van der Waals surface area contributed by atoms with Gasteiger partial charge in [-0.3, -0.25) is 0 Å². The largest absolute Gasteiger partial charge is 0.381 e. The van der Waals surface area contributed by atoms with E-state index >= 15 is 0 Å². The Morgan fingerprint density at radius 2 is 2.12 bits per heavy atom. The maximum atomic E-state index is 5.53. The molecular formula is C10H14N6. The number of anilines is 1. The number of nitrogens with one attached hydrogen (secondary N) is 1. The lowest BCUT2D eigenvalue weighted by Crippen LogP contribution is -2.25. The normalized spacial score (nSPS) is 12.4. The first-order valence-electron chi connectivity index (χ1n) is 5.09. The van der Waals surface area contributed by atoms with Gasteiger partial charge < -0.3 is 11.1 Å². The fourth-order valence-electron chi connectivity index (χ4n) is 1.33. The quantitative estimate of drug-likeness (QED) is 0.777. The van der Waals surface area contributed by atoms with Crippen molar-refractivity contribution in [3.8, 4) is 5.69 Å². The summed E-state index contributed by atoms with van der Waals surface area (Å²) in [5.74, 6) is 0. The second kappa shape index (κ2) is 4.71. The van der Waals surface area contributed by atoms with Gasteiger partial charge in [0.1, 0.15) is 6.33 Å². The van der Waals surface area contributed by atoms with Crippen LogP contribution < -0.4 is 11.1 Å². The number of tetrazole rings is 1. The van der Waals surface area contributed by atoms with Gasteiger partial charge in [0.15, 0.2) is 0 Å². The van der Waals surface area contributed by atoms with E-state index in [0.29, 0.717) is 6.54 Å². The topological polar surface area (TPSA) is 81.6 Å². The van der Waals surface area contributed by atoms with Crippen LogP contribution in [0.25, 0.3) is 5.69 Å². The van der Waals surface area contributed by atoms with Crippen LogP contribution in [0.5, 0.6) is 0 Å². The number of aromatic nitrogens is 4.